The smallest absolute Gasteiger partial charge is 0.408 e. The van der Waals surface area contributed by atoms with Gasteiger partial charge in [0.05, 0.1) is 17.4 Å². The molecule has 2 N–H and O–H groups in total. The number of rotatable bonds is 8. The van der Waals surface area contributed by atoms with Crippen LogP contribution in [0.15, 0.2) is 11.1 Å². The molecule has 6 aliphatic carbocycles. The second-order valence-electron chi connectivity index (χ2n) is 19.6. The zero-order chi connectivity index (χ0) is 36.1. The van der Waals surface area contributed by atoms with E-state index >= 15 is 0 Å². The number of esters is 1. The molecule has 8 nitrogen and oxygen atoms in total. The predicted octanol–water partition coefficient (Wildman–Crippen LogP) is 8.66. The molecule has 0 spiro atoms. The number of ketones is 1. The van der Waals surface area contributed by atoms with Crippen LogP contribution in [-0.4, -0.2) is 46.7 Å². The number of carbonyl (C=O) groups excluding carboxylic acids is 3. The summed E-state index contributed by atoms with van der Waals surface area (Å²) in [7, 11) is 0. The van der Waals surface area contributed by atoms with Gasteiger partial charge < -0.3 is 19.9 Å². The SMILES string of the molecule is CC(C)C1=C2C3CCC4[C@@]5(C)CC[C@H](OC(=O)CC(C)(C)C(=O)O)C(C)(C)C5CC[C@@]4(C)[C@]3(C)CC[C@@]2(NC(=O)OC(C)C2CC2)CC1=O. The fourth-order valence-electron chi connectivity index (χ4n) is 12.6. The number of amides is 1. The molecule has 1 amide bonds. The molecule has 49 heavy (non-hydrogen) atoms. The molecule has 5 saturated carbocycles. The molecular formula is C41H63NO7. The Hall–Kier alpha value is -2.38. The minimum absolute atomic E-state index is 0.0315. The first-order chi connectivity index (χ1) is 22.6. The van der Waals surface area contributed by atoms with Crippen LogP contribution in [0.5, 0.6) is 0 Å². The lowest BCUT2D eigenvalue weighted by Crippen LogP contribution is -2.67. The number of ether oxygens (including phenoxy) is 2. The Morgan fingerprint density at radius 1 is 0.878 bits per heavy atom. The number of hydrogen-bond acceptors (Lipinski definition) is 6. The van der Waals surface area contributed by atoms with Gasteiger partial charge in [-0.3, -0.25) is 14.4 Å². The first-order valence-corrected chi connectivity index (χ1v) is 19.3. The Bertz CT molecular complexity index is 1440. The van der Waals surface area contributed by atoms with E-state index < -0.39 is 22.9 Å². The van der Waals surface area contributed by atoms with Crippen LogP contribution in [0.4, 0.5) is 4.79 Å². The van der Waals surface area contributed by atoms with Crippen molar-refractivity contribution in [2.45, 2.75) is 164 Å². The second-order valence-corrected chi connectivity index (χ2v) is 19.6. The van der Waals surface area contributed by atoms with Gasteiger partial charge in [-0.2, -0.15) is 0 Å². The molecule has 0 saturated heterocycles. The fourth-order valence-corrected chi connectivity index (χ4v) is 12.6. The van der Waals surface area contributed by atoms with Gasteiger partial charge in [0.1, 0.15) is 12.2 Å². The van der Waals surface area contributed by atoms with Crippen LogP contribution < -0.4 is 5.32 Å². The quantitative estimate of drug-likeness (QED) is 0.246. The summed E-state index contributed by atoms with van der Waals surface area (Å²) in [5.74, 6) is 0.377. The van der Waals surface area contributed by atoms with E-state index in [4.69, 9.17) is 9.47 Å². The van der Waals surface area contributed by atoms with Gasteiger partial charge in [0.15, 0.2) is 5.78 Å². The summed E-state index contributed by atoms with van der Waals surface area (Å²) in [6, 6.07) is 0. The number of aliphatic carboxylic acids is 1. The van der Waals surface area contributed by atoms with Crippen molar-refractivity contribution in [3.63, 3.8) is 0 Å². The lowest BCUT2D eigenvalue weighted by molar-refractivity contribution is -0.232. The number of Topliss-reactive ketones (excluding diaryl/α,β-unsaturated/α-hetero) is 1. The third kappa shape index (κ3) is 5.59. The van der Waals surface area contributed by atoms with E-state index in [0.29, 0.717) is 24.2 Å². The number of carboxylic acid groups (broad SMARTS) is 1. The Labute approximate surface area is 294 Å². The number of carboxylic acids is 1. The molecule has 4 unspecified atom stereocenters. The highest BCUT2D eigenvalue weighted by Crippen LogP contribution is 2.76. The van der Waals surface area contributed by atoms with Crippen molar-refractivity contribution in [2.24, 2.45) is 56.7 Å². The van der Waals surface area contributed by atoms with Crippen molar-refractivity contribution in [3.8, 4) is 0 Å². The average molecular weight is 682 g/mol. The lowest BCUT2D eigenvalue weighted by Gasteiger charge is -2.72. The highest BCUT2D eigenvalue weighted by atomic mass is 16.6. The number of allylic oxidation sites excluding steroid dienone is 1. The van der Waals surface area contributed by atoms with Crippen LogP contribution in [0.2, 0.25) is 0 Å². The topological polar surface area (TPSA) is 119 Å². The molecule has 0 heterocycles. The lowest BCUT2D eigenvalue weighted by atomic mass is 9.33. The van der Waals surface area contributed by atoms with Gasteiger partial charge in [-0.05, 0) is 142 Å². The summed E-state index contributed by atoms with van der Waals surface area (Å²) in [4.78, 5) is 52.1. The zero-order valence-corrected chi connectivity index (χ0v) is 31.9. The van der Waals surface area contributed by atoms with Gasteiger partial charge in [-0.25, -0.2) is 4.79 Å². The maximum atomic E-state index is 13.9. The van der Waals surface area contributed by atoms with Gasteiger partial charge in [0, 0.05) is 11.8 Å². The molecule has 6 rings (SSSR count). The minimum atomic E-state index is -1.16. The molecule has 0 aromatic heterocycles. The van der Waals surface area contributed by atoms with Crippen LogP contribution in [0, 0.1) is 56.7 Å². The third-order valence-electron chi connectivity index (χ3n) is 15.7. The molecule has 5 fully saturated rings. The molecule has 0 aromatic carbocycles. The zero-order valence-electron chi connectivity index (χ0n) is 31.9. The maximum Gasteiger partial charge on any atom is 0.408 e. The molecule has 6 aliphatic rings. The summed E-state index contributed by atoms with van der Waals surface area (Å²) in [5, 5.41) is 12.9. The van der Waals surface area contributed by atoms with E-state index in [1.165, 1.54) is 5.57 Å². The largest absolute Gasteiger partial charge is 0.481 e. The van der Waals surface area contributed by atoms with Gasteiger partial charge in [-0.1, -0.05) is 48.5 Å². The van der Waals surface area contributed by atoms with Crippen LogP contribution in [0.1, 0.15) is 146 Å². The summed E-state index contributed by atoms with van der Waals surface area (Å²) >= 11 is 0. The maximum absolute atomic E-state index is 13.9. The van der Waals surface area contributed by atoms with E-state index in [-0.39, 0.29) is 64.0 Å². The predicted molar refractivity (Wildman–Crippen MR) is 187 cm³/mol. The van der Waals surface area contributed by atoms with Gasteiger partial charge in [0.2, 0.25) is 0 Å². The Morgan fingerprint density at radius 2 is 1.55 bits per heavy atom. The van der Waals surface area contributed by atoms with E-state index in [1.54, 1.807) is 13.8 Å². The van der Waals surface area contributed by atoms with Crippen molar-refractivity contribution in [2.75, 3.05) is 0 Å². The summed E-state index contributed by atoms with van der Waals surface area (Å²) in [6.45, 7) is 21.5. The second kappa shape index (κ2) is 11.8. The van der Waals surface area contributed by atoms with Gasteiger partial charge in [0.25, 0.3) is 0 Å². The molecular weight excluding hydrogens is 618 g/mol. The number of nitrogens with one attached hydrogen (secondary N) is 1. The van der Waals surface area contributed by atoms with Crippen LogP contribution in [0.3, 0.4) is 0 Å². The van der Waals surface area contributed by atoms with Crippen molar-refractivity contribution in [1.82, 2.24) is 5.32 Å². The number of carbonyl (C=O) groups is 4. The van der Waals surface area contributed by atoms with E-state index in [0.717, 1.165) is 69.8 Å². The summed E-state index contributed by atoms with van der Waals surface area (Å²) < 4.78 is 12.0. The van der Waals surface area contributed by atoms with Crippen molar-refractivity contribution >= 4 is 23.8 Å². The standard InChI is InChI=1S/C41H63NO7/c1-23(2)32-27(43)21-41(42-35(47)48-24(3)25-11-12-25)20-19-39(9)26(33(32)41)13-14-29-38(8)17-16-30(49-31(44)22-36(4,5)34(45)46)37(6,7)28(38)15-18-40(29,39)10/h23-26,28-30H,11-22H2,1-10H3,(H,42,47)(H,45,46)/t24?,26?,28?,29?,30-,38-,39+,40+,41+/m0/s1. The van der Waals surface area contributed by atoms with Gasteiger partial charge in [-0.15, -0.1) is 0 Å². The summed E-state index contributed by atoms with van der Waals surface area (Å²) in [5.41, 5.74) is 0.157. The van der Waals surface area contributed by atoms with Crippen molar-refractivity contribution < 1.29 is 33.8 Å². The molecule has 274 valence electrons. The molecule has 0 bridgehead atoms. The average Bonchev–Trinajstić information content (AvgIpc) is 3.78. The molecule has 9 atom stereocenters. The highest BCUT2D eigenvalue weighted by molar-refractivity contribution is 6.02. The van der Waals surface area contributed by atoms with Crippen LogP contribution >= 0.6 is 0 Å². The van der Waals surface area contributed by atoms with E-state index in [9.17, 15) is 24.3 Å². The molecule has 0 radical (unpaired) electrons. The first kappa shape index (κ1) is 36.4. The van der Waals surface area contributed by atoms with Gasteiger partial charge >= 0.3 is 18.0 Å². The Balaban J connectivity index is 1.27. The fraction of sp³-hybridized carbons (Fsp3) is 0.854. The Kier molecular flexibility index (Phi) is 8.79. The first-order valence-electron chi connectivity index (χ1n) is 19.3. The number of fused-ring (bicyclic) bond motifs is 7. The molecule has 0 aliphatic heterocycles. The normalized spacial score (nSPS) is 40.4. The van der Waals surface area contributed by atoms with E-state index in [2.05, 4.69) is 53.8 Å². The van der Waals surface area contributed by atoms with Crippen molar-refractivity contribution in [3.05, 3.63) is 11.1 Å². The third-order valence-corrected chi connectivity index (χ3v) is 15.7. The monoisotopic (exact) mass is 681 g/mol. The van der Waals surface area contributed by atoms with Crippen LogP contribution in [-0.2, 0) is 23.9 Å². The van der Waals surface area contributed by atoms with Crippen LogP contribution in [0.25, 0.3) is 0 Å². The Morgan fingerprint density at radius 3 is 2.16 bits per heavy atom. The number of alkyl carbamates (subject to hydrolysis) is 1. The summed E-state index contributed by atoms with van der Waals surface area (Å²) in [6.07, 6.45) is 9.31. The van der Waals surface area contributed by atoms with Crippen molar-refractivity contribution in [1.29, 1.82) is 0 Å². The number of hydrogen-bond donors (Lipinski definition) is 2. The van der Waals surface area contributed by atoms with E-state index in [1.807, 2.05) is 6.92 Å². The highest BCUT2D eigenvalue weighted by Gasteiger charge is 2.70. The minimum Gasteiger partial charge on any atom is -0.481 e. The molecule has 0 aromatic rings. The molecule has 8 heteroatoms.